The molecule has 0 aliphatic heterocycles. The monoisotopic (exact) mass is 216 g/mol. The van der Waals surface area contributed by atoms with Crippen molar-refractivity contribution in [3.63, 3.8) is 0 Å². The Balaban J connectivity index is 2.76. The molecule has 74 valence electrons. The van der Waals surface area contributed by atoms with Gasteiger partial charge in [-0.05, 0) is 23.8 Å². The van der Waals surface area contributed by atoms with E-state index in [9.17, 15) is 22.4 Å². The van der Waals surface area contributed by atoms with Gasteiger partial charge in [0, 0.05) is 6.42 Å². The van der Waals surface area contributed by atoms with Crippen molar-refractivity contribution in [1.82, 2.24) is 0 Å². The fourth-order valence-electron chi connectivity index (χ4n) is 1.03. The molecule has 0 aromatic heterocycles. The number of rotatable bonds is 2. The lowest BCUT2D eigenvalue weighted by atomic mass is 9.75. The topological polar surface area (TPSA) is 17.1 Å². The summed E-state index contributed by atoms with van der Waals surface area (Å²) in [5.41, 5.74) is -3.07. The van der Waals surface area contributed by atoms with Crippen LogP contribution in [0.3, 0.4) is 0 Å². The summed E-state index contributed by atoms with van der Waals surface area (Å²) in [6.45, 7) is 0. The van der Waals surface area contributed by atoms with Crippen LogP contribution in [0.4, 0.5) is 17.6 Å². The van der Waals surface area contributed by atoms with Crippen molar-refractivity contribution in [2.45, 2.75) is 24.2 Å². The van der Waals surface area contributed by atoms with Gasteiger partial charge in [0.15, 0.2) is 11.8 Å². The van der Waals surface area contributed by atoms with Gasteiger partial charge in [-0.25, -0.2) is 8.78 Å². The predicted octanol–water partition coefficient (Wildman–Crippen LogP) is 2.39. The Morgan fingerprint density at radius 2 is 2.00 bits per heavy atom. The van der Waals surface area contributed by atoms with E-state index in [0.29, 0.717) is 12.2 Å². The zero-order valence-corrected chi connectivity index (χ0v) is 6.99. The summed E-state index contributed by atoms with van der Waals surface area (Å²) in [5.74, 6) is -4.06. The summed E-state index contributed by atoms with van der Waals surface area (Å²) in [6.07, 6.45) is -2.67. The SMILES string of the molecule is O=C(Cl)C=CC1(F)CC(F)C1(F)F. The lowest BCUT2D eigenvalue weighted by Crippen LogP contribution is -2.62. The van der Waals surface area contributed by atoms with Crippen molar-refractivity contribution in [2.75, 3.05) is 0 Å². The average Bonchev–Trinajstić information content (AvgIpc) is 2.01. The van der Waals surface area contributed by atoms with Crippen molar-refractivity contribution >= 4 is 16.8 Å². The van der Waals surface area contributed by atoms with Gasteiger partial charge < -0.3 is 0 Å². The van der Waals surface area contributed by atoms with Crippen LogP contribution in [0.15, 0.2) is 12.2 Å². The van der Waals surface area contributed by atoms with Gasteiger partial charge in [-0.2, -0.15) is 8.78 Å². The van der Waals surface area contributed by atoms with E-state index in [4.69, 9.17) is 11.6 Å². The van der Waals surface area contributed by atoms with Crippen LogP contribution < -0.4 is 0 Å². The zero-order valence-electron chi connectivity index (χ0n) is 6.24. The molecule has 13 heavy (non-hydrogen) atoms. The molecule has 0 saturated heterocycles. The molecule has 0 aromatic rings. The average molecular weight is 217 g/mol. The van der Waals surface area contributed by atoms with Gasteiger partial charge in [0.1, 0.15) is 0 Å². The number of allylic oxidation sites excluding steroid dienone is 2. The van der Waals surface area contributed by atoms with Gasteiger partial charge in [-0.3, -0.25) is 4.79 Å². The minimum atomic E-state index is -4.06. The molecule has 6 heteroatoms. The van der Waals surface area contributed by atoms with E-state index in [-0.39, 0.29) is 0 Å². The molecule has 0 amide bonds. The molecule has 0 N–H and O–H groups in total. The lowest BCUT2D eigenvalue weighted by molar-refractivity contribution is -0.237. The van der Waals surface area contributed by atoms with Crippen LogP contribution in [0, 0.1) is 0 Å². The Bertz CT molecular complexity index is 265. The zero-order chi connectivity index (χ0) is 10.3. The highest BCUT2D eigenvalue weighted by Gasteiger charge is 2.69. The highest BCUT2D eigenvalue weighted by Crippen LogP contribution is 2.52. The molecule has 0 aromatic carbocycles. The van der Waals surface area contributed by atoms with E-state index in [1.165, 1.54) is 0 Å². The van der Waals surface area contributed by atoms with E-state index in [0.717, 1.165) is 0 Å². The molecule has 1 rings (SSSR count). The lowest BCUT2D eigenvalue weighted by Gasteiger charge is -2.43. The normalized spacial score (nSPS) is 37.5. The van der Waals surface area contributed by atoms with Crippen LogP contribution >= 0.6 is 11.6 Å². The van der Waals surface area contributed by atoms with Gasteiger partial charge in [0.25, 0.3) is 0 Å². The number of carbonyl (C=O) groups excluding carboxylic acids is 1. The van der Waals surface area contributed by atoms with Gasteiger partial charge in [-0.1, -0.05) is 0 Å². The van der Waals surface area contributed by atoms with Crippen LogP contribution in [-0.4, -0.2) is 23.0 Å². The Morgan fingerprint density at radius 3 is 2.31 bits per heavy atom. The first-order valence-electron chi connectivity index (χ1n) is 3.39. The van der Waals surface area contributed by atoms with Crippen molar-refractivity contribution in [1.29, 1.82) is 0 Å². The van der Waals surface area contributed by atoms with Crippen LogP contribution in [0.2, 0.25) is 0 Å². The third-order valence-corrected chi connectivity index (χ3v) is 2.03. The quantitative estimate of drug-likeness (QED) is 0.394. The molecule has 1 fully saturated rings. The predicted molar refractivity (Wildman–Crippen MR) is 38.3 cm³/mol. The van der Waals surface area contributed by atoms with E-state index >= 15 is 0 Å². The molecule has 1 saturated carbocycles. The second kappa shape index (κ2) is 2.97. The largest absolute Gasteiger partial charge is 0.315 e. The maximum absolute atomic E-state index is 13.0. The van der Waals surface area contributed by atoms with E-state index in [1.807, 2.05) is 0 Å². The summed E-state index contributed by atoms with van der Waals surface area (Å²) < 4.78 is 50.1. The first kappa shape index (κ1) is 10.5. The Morgan fingerprint density at radius 1 is 1.46 bits per heavy atom. The Labute approximate surface area is 76.4 Å². The fourth-order valence-corrected chi connectivity index (χ4v) is 1.09. The van der Waals surface area contributed by atoms with Crippen molar-refractivity contribution < 1.29 is 22.4 Å². The third kappa shape index (κ3) is 1.57. The molecular formula is C7H5ClF4O. The summed E-state index contributed by atoms with van der Waals surface area (Å²) in [6, 6.07) is 0. The fraction of sp³-hybridized carbons (Fsp3) is 0.571. The first-order valence-corrected chi connectivity index (χ1v) is 3.77. The summed E-state index contributed by atoms with van der Waals surface area (Å²) in [5, 5.41) is -1.07. The maximum Gasteiger partial charge on any atom is 0.315 e. The van der Waals surface area contributed by atoms with Crippen LogP contribution in [-0.2, 0) is 4.79 Å². The van der Waals surface area contributed by atoms with Crippen LogP contribution in [0.5, 0.6) is 0 Å². The number of carbonyl (C=O) groups is 1. The van der Waals surface area contributed by atoms with Gasteiger partial charge in [0.2, 0.25) is 5.24 Å². The van der Waals surface area contributed by atoms with Crippen LogP contribution in [0.25, 0.3) is 0 Å². The minimum absolute atomic E-state index is 0.304. The van der Waals surface area contributed by atoms with Gasteiger partial charge >= 0.3 is 5.92 Å². The number of halogens is 5. The molecule has 2 atom stereocenters. The molecule has 0 heterocycles. The smallest absolute Gasteiger partial charge is 0.276 e. The van der Waals surface area contributed by atoms with Gasteiger partial charge in [0.05, 0.1) is 0 Å². The van der Waals surface area contributed by atoms with E-state index in [2.05, 4.69) is 0 Å². The Kier molecular flexibility index (Phi) is 2.40. The molecule has 0 spiro atoms. The number of alkyl halides is 4. The van der Waals surface area contributed by atoms with Crippen molar-refractivity contribution in [2.24, 2.45) is 0 Å². The standard InChI is InChI=1S/C7H5ClF4O/c8-5(13)1-2-6(10)3-4(9)7(6,11)12/h1-2,4H,3H2. The van der Waals surface area contributed by atoms with Crippen molar-refractivity contribution in [3.05, 3.63) is 12.2 Å². The van der Waals surface area contributed by atoms with Crippen molar-refractivity contribution in [3.8, 4) is 0 Å². The number of hydrogen-bond donors (Lipinski definition) is 0. The molecule has 1 aliphatic rings. The second-order valence-corrected chi connectivity index (χ2v) is 3.17. The molecule has 2 unspecified atom stereocenters. The highest BCUT2D eigenvalue weighted by atomic mass is 35.5. The van der Waals surface area contributed by atoms with E-state index < -0.39 is 29.4 Å². The Hall–Kier alpha value is -0.580. The van der Waals surface area contributed by atoms with Crippen LogP contribution in [0.1, 0.15) is 6.42 Å². The number of hydrogen-bond acceptors (Lipinski definition) is 1. The molecule has 1 nitrogen and oxygen atoms in total. The molecule has 1 aliphatic carbocycles. The second-order valence-electron chi connectivity index (χ2n) is 2.79. The summed E-state index contributed by atoms with van der Waals surface area (Å²) >= 11 is 4.76. The molecule has 0 radical (unpaired) electrons. The first-order chi connectivity index (χ1) is 5.79. The third-order valence-electron chi connectivity index (χ3n) is 1.90. The van der Waals surface area contributed by atoms with E-state index in [1.54, 1.807) is 0 Å². The minimum Gasteiger partial charge on any atom is -0.276 e. The summed E-state index contributed by atoms with van der Waals surface area (Å²) in [7, 11) is 0. The highest BCUT2D eigenvalue weighted by molar-refractivity contribution is 6.66. The molecule has 0 bridgehead atoms. The summed E-state index contributed by atoms with van der Waals surface area (Å²) in [4.78, 5) is 10.1. The molecular weight excluding hydrogens is 212 g/mol. The maximum atomic E-state index is 13.0. The van der Waals surface area contributed by atoms with Gasteiger partial charge in [-0.15, -0.1) is 0 Å².